The summed E-state index contributed by atoms with van der Waals surface area (Å²) in [7, 11) is 0. The van der Waals surface area contributed by atoms with Crippen molar-refractivity contribution in [1.29, 1.82) is 0 Å². The third kappa shape index (κ3) is 4.42. The number of hydrogen-bond donors (Lipinski definition) is 1. The van der Waals surface area contributed by atoms with E-state index in [9.17, 15) is 14.4 Å². The van der Waals surface area contributed by atoms with E-state index in [0.717, 1.165) is 36.3 Å². The number of carbonyl (C=O) groups is 2. The van der Waals surface area contributed by atoms with Gasteiger partial charge in [-0.25, -0.2) is 4.98 Å². The Kier molecular flexibility index (Phi) is 6.35. The van der Waals surface area contributed by atoms with Crippen LogP contribution in [-0.2, 0) is 11.3 Å². The molecule has 3 heterocycles. The number of aryl methyl sites for hydroxylation is 2. The van der Waals surface area contributed by atoms with Crippen LogP contribution < -0.4 is 10.9 Å². The van der Waals surface area contributed by atoms with Crippen molar-refractivity contribution in [3.8, 4) is 0 Å². The number of aromatic nitrogens is 2. The molecule has 9 heteroatoms. The quantitative estimate of drug-likeness (QED) is 0.615. The van der Waals surface area contributed by atoms with E-state index in [1.807, 2.05) is 17.9 Å². The molecule has 0 saturated carbocycles. The zero-order chi connectivity index (χ0) is 23.0. The van der Waals surface area contributed by atoms with Crippen LogP contribution in [0.2, 0.25) is 5.02 Å². The number of fused-ring (bicyclic) bond motifs is 1. The van der Waals surface area contributed by atoms with Gasteiger partial charge < -0.3 is 10.2 Å². The van der Waals surface area contributed by atoms with Crippen molar-refractivity contribution in [3.63, 3.8) is 0 Å². The zero-order valence-corrected chi connectivity index (χ0v) is 19.8. The van der Waals surface area contributed by atoms with Crippen molar-refractivity contribution in [2.45, 2.75) is 40.2 Å². The largest absolute Gasteiger partial charge is 0.341 e. The topological polar surface area (TPSA) is 84.3 Å². The van der Waals surface area contributed by atoms with Crippen LogP contribution >= 0.6 is 22.9 Å². The van der Waals surface area contributed by atoms with Crippen LogP contribution in [0, 0.1) is 19.8 Å². The van der Waals surface area contributed by atoms with Gasteiger partial charge in [0.05, 0.1) is 16.6 Å². The molecule has 1 saturated heterocycles. The predicted molar refractivity (Wildman–Crippen MR) is 128 cm³/mol. The average Bonchev–Trinajstić information content (AvgIpc) is 3.10. The smallest absolute Gasteiger partial charge is 0.266 e. The number of nitrogens with zero attached hydrogens (tertiary/aromatic N) is 3. The second-order valence-electron chi connectivity index (χ2n) is 8.42. The lowest BCUT2D eigenvalue weighted by Crippen LogP contribution is -2.42. The SMILES string of the molecule is Cc1ccc(NC(=O)c2sc3ncn(CC(=O)N4CCCC(C)C4)c(=O)c3c2C)cc1Cl. The van der Waals surface area contributed by atoms with Crippen molar-refractivity contribution < 1.29 is 9.59 Å². The van der Waals surface area contributed by atoms with Crippen LogP contribution in [-0.4, -0.2) is 39.4 Å². The molecule has 1 aliphatic rings. The van der Waals surface area contributed by atoms with Gasteiger partial charge in [-0.05, 0) is 55.9 Å². The first kappa shape index (κ1) is 22.5. The minimum Gasteiger partial charge on any atom is -0.341 e. The van der Waals surface area contributed by atoms with Crippen molar-refractivity contribution >= 4 is 50.7 Å². The second kappa shape index (κ2) is 9.03. The molecular weight excluding hydrogens is 448 g/mol. The molecule has 0 aliphatic carbocycles. The van der Waals surface area contributed by atoms with E-state index in [4.69, 9.17) is 11.6 Å². The van der Waals surface area contributed by atoms with Crippen LogP contribution in [0.1, 0.15) is 40.6 Å². The fourth-order valence-electron chi connectivity index (χ4n) is 4.01. The summed E-state index contributed by atoms with van der Waals surface area (Å²) in [4.78, 5) is 45.8. The van der Waals surface area contributed by atoms with Crippen molar-refractivity contribution in [1.82, 2.24) is 14.5 Å². The summed E-state index contributed by atoms with van der Waals surface area (Å²) in [5, 5.41) is 3.77. The van der Waals surface area contributed by atoms with E-state index < -0.39 is 0 Å². The van der Waals surface area contributed by atoms with Gasteiger partial charge in [-0.3, -0.25) is 19.0 Å². The van der Waals surface area contributed by atoms with Gasteiger partial charge in [-0.2, -0.15) is 0 Å². The van der Waals surface area contributed by atoms with E-state index in [1.165, 1.54) is 10.9 Å². The Morgan fingerprint density at radius 3 is 2.81 bits per heavy atom. The summed E-state index contributed by atoms with van der Waals surface area (Å²) < 4.78 is 1.34. The molecule has 2 aromatic heterocycles. The normalized spacial score (nSPS) is 16.4. The number of amides is 2. The van der Waals surface area contributed by atoms with E-state index in [1.54, 1.807) is 19.1 Å². The van der Waals surface area contributed by atoms with Crippen molar-refractivity contribution in [2.24, 2.45) is 5.92 Å². The van der Waals surface area contributed by atoms with E-state index in [2.05, 4.69) is 17.2 Å². The average molecular weight is 473 g/mol. The Morgan fingerprint density at radius 1 is 1.31 bits per heavy atom. The van der Waals surface area contributed by atoms with E-state index in [-0.39, 0.29) is 23.9 Å². The summed E-state index contributed by atoms with van der Waals surface area (Å²) in [5.41, 5.74) is 1.75. The van der Waals surface area contributed by atoms with Gasteiger partial charge in [0.2, 0.25) is 5.91 Å². The van der Waals surface area contributed by atoms with Crippen LogP contribution in [0.5, 0.6) is 0 Å². The highest BCUT2D eigenvalue weighted by molar-refractivity contribution is 7.20. The van der Waals surface area contributed by atoms with Gasteiger partial charge >= 0.3 is 0 Å². The minimum absolute atomic E-state index is 0.0484. The maximum absolute atomic E-state index is 13.1. The van der Waals surface area contributed by atoms with Gasteiger partial charge in [0, 0.05) is 23.8 Å². The van der Waals surface area contributed by atoms with Gasteiger partial charge in [0.1, 0.15) is 11.4 Å². The summed E-state index contributed by atoms with van der Waals surface area (Å²) in [6.45, 7) is 7.14. The molecule has 168 valence electrons. The fourth-order valence-corrected chi connectivity index (χ4v) is 5.22. The Hall–Kier alpha value is -2.71. The first-order valence-electron chi connectivity index (χ1n) is 10.6. The number of rotatable bonds is 4. The molecule has 1 aromatic carbocycles. The number of piperidine rings is 1. The third-order valence-electron chi connectivity index (χ3n) is 5.87. The summed E-state index contributed by atoms with van der Waals surface area (Å²) in [6.07, 6.45) is 3.49. The molecule has 1 fully saturated rings. The first-order chi connectivity index (χ1) is 15.2. The molecule has 4 rings (SSSR count). The number of nitrogens with one attached hydrogen (secondary N) is 1. The molecule has 1 aliphatic heterocycles. The molecule has 32 heavy (non-hydrogen) atoms. The molecule has 2 amide bonds. The molecule has 0 spiro atoms. The second-order valence-corrected chi connectivity index (χ2v) is 9.83. The molecule has 0 bridgehead atoms. The maximum atomic E-state index is 13.1. The first-order valence-corrected chi connectivity index (χ1v) is 11.8. The number of carbonyl (C=O) groups excluding carboxylic acids is 2. The number of benzene rings is 1. The lowest BCUT2D eigenvalue weighted by atomic mass is 10.0. The van der Waals surface area contributed by atoms with Crippen LogP contribution in [0.3, 0.4) is 0 Å². The highest BCUT2D eigenvalue weighted by Crippen LogP contribution is 2.28. The maximum Gasteiger partial charge on any atom is 0.266 e. The summed E-state index contributed by atoms with van der Waals surface area (Å²) in [6, 6.07) is 5.30. The van der Waals surface area contributed by atoms with Crippen LogP contribution in [0.4, 0.5) is 5.69 Å². The number of halogens is 1. The minimum atomic E-state index is -0.324. The van der Waals surface area contributed by atoms with Gasteiger partial charge in [0.15, 0.2) is 0 Å². The van der Waals surface area contributed by atoms with Crippen LogP contribution in [0.15, 0.2) is 29.3 Å². The summed E-state index contributed by atoms with van der Waals surface area (Å²) in [5.74, 6) is 0.0604. The predicted octanol–water partition coefficient (Wildman–Crippen LogP) is 4.24. The molecule has 3 aromatic rings. The van der Waals surface area contributed by atoms with E-state index in [0.29, 0.717) is 43.8 Å². The number of likely N-dealkylation sites (tertiary alicyclic amines) is 1. The fraction of sp³-hybridized carbons (Fsp3) is 0.391. The van der Waals surface area contributed by atoms with Crippen molar-refractivity contribution in [2.75, 3.05) is 18.4 Å². The lowest BCUT2D eigenvalue weighted by Gasteiger charge is -2.31. The van der Waals surface area contributed by atoms with E-state index >= 15 is 0 Å². The molecular formula is C23H25ClN4O3S. The van der Waals surface area contributed by atoms with Gasteiger partial charge in [-0.1, -0.05) is 24.6 Å². The monoisotopic (exact) mass is 472 g/mol. The molecule has 7 nitrogen and oxygen atoms in total. The Morgan fingerprint density at radius 2 is 2.09 bits per heavy atom. The van der Waals surface area contributed by atoms with Gasteiger partial charge in [-0.15, -0.1) is 11.3 Å². The zero-order valence-electron chi connectivity index (χ0n) is 18.3. The molecule has 1 atom stereocenters. The highest BCUT2D eigenvalue weighted by atomic mass is 35.5. The Bertz CT molecular complexity index is 1270. The Labute approximate surface area is 195 Å². The third-order valence-corrected chi connectivity index (χ3v) is 7.47. The Balaban J connectivity index is 1.59. The number of thiophene rings is 1. The van der Waals surface area contributed by atoms with Gasteiger partial charge in [0.25, 0.3) is 11.5 Å². The lowest BCUT2D eigenvalue weighted by molar-refractivity contribution is -0.133. The highest BCUT2D eigenvalue weighted by Gasteiger charge is 2.23. The molecule has 1 unspecified atom stereocenters. The number of hydrogen-bond acceptors (Lipinski definition) is 5. The van der Waals surface area contributed by atoms with Crippen LogP contribution in [0.25, 0.3) is 10.2 Å². The molecule has 1 N–H and O–H groups in total. The standard InChI is InChI=1S/C23H25ClN4O3S/c1-13-5-4-8-27(10-13)18(29)11-28-12-25-22-19(23(28)31)15(3)20(32-22)21(30)26-16-7-6-14(2)17(24)9-16/h6-7,9,12-13H,4-5,8,10-11H2,1-3H3,(H,26,30). The van der Waals surface area contributed by atoms with Crippen molar-refractivity contribution in [3.05, 3.63) is 55.9 Å². The molecule has 0 radical (unpaired) electrons. The number of anilines is 1. The summed E-state index contributed by atoms with van der Waals surface area (Å²) >= 11 is 7.31.